The lowest BCUT2D eigenvalue weighted by atomic mass is 10.2. The Hall–Kier alpha value is -1.60. The van der Waals surface area contributed by atoms with Gasteiger partial charge < -0.3 is 10.1 Å². The van der Waals surface area contributed by atoms with E-state index in [4.69, 9.17) is 4.74 Å². The summed E-state index contributed by atoms with van der Waals surface area (Å²) in [5.41, 5.74) is -0.0324. The molecule has 0 aliphatic heterocycles. The number of carbonyl (C=O) groups is 1. The molecular formula is C14H22N2O4S. The first-order chi connectivity index (χ1) is 9.63. The van der Waals surface area contributed by atoms with Crippen molar-refractivity contribution in [2.45, 2.75) is 39.5 Å². The van der Waals surface area contributed by atoms with Crippen molar-refractivity contribution in [2.75, 3.05) is 5.75 Å². The van der Waals surface area contributed by atoms with E-state index in [2.05, 4.69) is 10.0 Å². The van der Waals surface area contributed by atoms with Crippen molar-refractivity contribution in [2.24, 2.45) is 0 Å². The fourth-order valence-corrected chi connectivity index (χ4v) is 2.24. The summed E-state index contributed by atoms with van der Waals surface area (Å²) in [6.45, 7) is 6.73. The average Bonchev–Trinajstić information content (AvgIpc) is 2.36. The minimum atomic E-state index is -3.48. The van der Waals surface area contributed by atoms with E-state index in [1.165, 1.54) is 6.92 Å². The molecule has 1 atom stereocenters. The number of rotatable bonds is 5. The lowest BCUT2D eigenvalue weighted by Gasteiger charge is -2.24. The Kier molecular flexibility index (Phi) is 5.74. The van der Waals surface area contributed by atoms with Crippen molar-refractivity contribution >= 4 is 16.1 Å². The zero-order valence-electron chi connectivity index (χ0n) is 12.7. The van der Waals surface area contributed by atoms with E-state index >= 15 is 0 Å². The second-order valence-corrected chi connectivity index (χ2v) is 7.55. The molecule has 6 nitrogen and oxygen atoms in total. The predicted octanol–water partition coefficient (Wildman–Crippen LogP) is 2.15. The van der Waals surface area contributed by atoms with Crippen molar-refractivity contribution in [3.05, 3.63) is 35.9 Å². The van der Waals surface area contributed by atoms with E-state index in [1.807, 2.05) is 6.07 Å². The van der Waals surface area contributed by atoms with Gasteiger partial charge in [0.25, 0.3) is 0 Å². The zero-order valence-corrected chi connectivity index (χ0v) is 13.5. The third-order valence-electron chi connectivity index (χ3n) is 2.47. The van der Waals surface area contributed by atoms with E-state index in [0.29, 0.717) is 5.56 Å². The summed E-state index contributed by atoms with van der Waals surface area (Å²) in [6.07, 6.45) is -1.55. The van der Waals surface area contributed by atoms with Gasteiger partial charge in [0.15, 0.2) is 0 Å². The Morgan fingerprint density at radius 2 is 1.81 bits per heavy atom. The van der Waals surface area contributed by atoms with Gasteiger partial charge >= 0.3 is 6.09 Å². The molecule has 0 aromatic heterocycles. The summed E-state index contributed by atoms with van der Waals surface area (Å²) < 4.78 is 31.1. The first kappa shape index (κ1) is 17.5. The van der Waals surface area contributed by atoms with Crippen molar-refractivity contribution in [3.63, 3.8) is 0 Å². The summed E-state index contributed by atoms with van der Waals surface area (Å²) in [4.78, 5) is 11.8. The number of alkyl carbamates (subject to hydrolysis) is 1. The maximum atomic E-state index is 11.8. The molecule has 1 unspecified atom stereocenters. The molecule has 118 valence electrons. The molecule has 1 aromatic rings. The van der Waals surface area contributed by atoms with Gasteiger partial charge in [-0.1, -0.05) is 30.3 Å². The van der Waals surface area contributed by atoms with Crippen LogP contribution in [0.3, 0.4) is 0 Å². The summed E-state index contributed by atoms with van der Waals surface area (Å²) in [6, 6.07) is 8.78. The minimum Gasteiger partial charge on any atom is -0.444 e. The number of ether oxygens (including phenoxy) is 1. The van der Waals surface area contributed by atoms with Gasteiger partial charge in [-0.25, -0.2) is 13.2 Å². The lowest BCUT2D eigenvalue weighted by Crippen LogP contribution is -2.43. The van der Waals surface area contributed by atoms with Crippen LogP contribution in [0.4, 0.5) is 4.79 Å². The molecule has 0 fully saturated rings. The molecule has 0 saturated carbocycles. The Balaban J connectivity index is 2.91. The Bertz CT molecular complexity index is 564. The van der Waals surface area contributed by atoms with Gasteiger partial charge in [-0.2, -0.15) is 4.72 Å². The highest BCUT2D eigenvalue weighted by molar-refractivity contribution is 7.89. The third kappa shape index (κ3) is 6.59. The van der Waals surface area contributed by atoms with Gasteiger partial charge in [-0.05, 0) is 33.3 Å². The average molecular weight is 314 g/mol. The highest BCUT2D eigenvalue weighted by atomic mass is 32.2. The van der Waals surface area contributed by atoms with Crippen molar-refractivity contribution < 1.29 is 17.9 Å². The molecule has 0 radical (unpaired) electrons. The largest absolute Gasteiger partial charge is 0.444 e. The number of carbonyl (C=O) groups excluding carboxylic acids is 1. The molecule has 0 saturated heterocycles. The van der Waals surface area contributed by atoms with Crippen LogP contribution < -0.4 is 10.0 Å². The van der Waals surface area contributed by atoms with Crippen LogP contribution >= 0.6 is 0 Å². The van der Waals surface area contributed by atoms with Crippen molar-refractivity contribution in [3.8, 4) is 0 Å². The topological polar surface area (TPSA) is 84.5 Å². The highest BCUT2D eigenvalue weighted by Crippen LogP contribution is 2.13. The molecule has 21 heavy (non-hydrogen) atoms. The normalized spacial score (nSPS) is 13.5. The highest BCUT2D eigenvalue weighted by Gasteiger charge is 2.23. The standard InChI is InChI=1S/C14H22N2O4S/c1-5-21(18,19)16-12(11-9-7-6-8-10-11)15-13(17)20-14(2,3)4/h6-10,12,16H,5H2,1-4H3,(H,15,17). The van der Waals surface area contributed by atoms with Crippen LogP contribution in [-0.2, 0) is 14.8 Å². The first-order valence-corrected chi connectivity index (χ1v) is 8.32. The monoisotopic (exact) mass is 314 g/mol. The van der Waals surface area contributed by atoms with Gasteiger partial charge in [0.1, 0.15) is 11.8 Å². The maximum absolute atomic E-state index is 11.8. The lowest BCUT2D eigenvalue weighted by molar-refractivity contribution is 0.0501. The van der Waals surface area contributed by atoms with Crippen LogP contribution in [0.2, 0.25) is 0 Å². The second-order valence-electron chi connectivity index (χ2n) is 5.51. The molecule has 1 aromatic carbocycles. The smallest absolute Gasteiger partial charge is 0.409 e. The summed E-state index contributed by atoms with van der Waals surface area (Å²) in [7, 11) is -3.48. The molecule has 1 amide bonds. The van der Waals surface area contributed by atoms with Gasteiger partial charge in [0.05, 0.1) is 5.75 Å². The van der Waals surface area contributed by atoms with E-state index in [0.717, 1.165) is 0 Å². The summed E-state index contributed by atoms with van der Waals surface area (Å²) >= 11 is 0. The molecule has 0 aliphatic carbocycles. The maximum Gasteiger partial charge on any atom is 0.409 e. The molecule has 1 rings (SSSR count). The summed E-state index contributed by atoms with van der Waals surface area (Å²) in [5, 5.41) is 2.53. The molecule has 0 bridgehead atoms. The van der Waals surface area contributed by atoms with Crippen LogP contribution in [0, 0.1) is 0 Å². The van der Waals surface area contributed by atoms with Gasteiger partial charge in [-0.3, -0.25) is 0 Å². The van der Waals surface area contributed by atoms with Crippen LogP contribution in [0.5, 0.6) is 0 Å². The number of hydrogen-bond acceptors (Lipinski definition) is 4. The number of amides is 1. The second kappa shape index (κ2) is 6.91. The summed E-state index contributed by atoms with van der Waals surface area (Å²) in [5.74, 6) is -0.0771. The number of hydrogen-bond donors (Lipinski definition) is 2. The Morgan fingerprint density at radius 1 is 1.24 bits per heavy atom. The molecule has 0 aliphatic rings. The van der Waals surface area contributed by atoms with E-state index in [9.17, 15) is 13.2 Å². The van der Waals surface area contributed by atoms with Crippen LogP contribution in [0.1, 0.15) is 39.4 Å². The Labute approximate surface area is 125 Å². The molecular weight excluding hydrogens is 292 g/mol. The van der Waals surface area contributed by atoms with Gasteiger partial charge in [-0.15, -0.1) is 0 Å². The minimum absolute atomic E-state index is 0.0771. The van der Waals surface area contributed by atoms with E-state index < -0.39 is 27.9 Å². The molecule has 0 heterocycles. The SMILES string of the molecule is CCS(=O)(=O)NC(NC(=O)OC(C)(C)C)c1ccccc1. The third-order valence-corrected chi connectivity index (χ3v) is 3.83. The number of sulfonamides is 1. The van der Waals surface area contributed by atoms with Gasteiger partial charge in [0, 0.05) is 0 Å². The van der Waals surface area contributed by atoms with Crippen molar-refractivity contribution in [1.82, 2.24) is 10.0 Å². The predicted molar refractivity (Wildman–Crippen MR) is 81.1 cm³/mol. The van der Waals surface area contributed by atoms with E-state index in [1.54, 1.807) is 45.0 Å². The van der Waals surface area contributed by atoms with E-state index in [-0.39, 0.29) is 5.75 Å². The van der Waals surface area contributed by atoms with Crippen LogP contribution in [-0.4, -0.2) is 25.9 Å². The zero-order chi connectivity index (χ0) is 16.1. The fourth-order valence-electron chi connectivity index (χ4n) is 1.51. The van der Waals surface area contributed by atoms with Crippen LogP contribution in [0.25, 0.3) is 0 Å². The van der Waals surface area contributed by atoms with Gasteiger partial charge in [0.2, 0.25) is 10.0 Å². The number of benzene rings is 1. The molecule has 7 heteroatoms. The quantitative estimate of drug-likeness (QED) is 0.816. The first-order valence-electron chi connectivity index (χ1n) is 6.67. The molecule has 2 N–H and O–H groups in total. The number of nitrogens with one attached hydrogen (secondary N) is 2. The Morgan fingerprint density at radius 3 is 2.29 bits per heavy atom. The molecule has 0 spiro atoms. The van der Waals surface area contributed by atoms with Crippen LogP contribution in [0.15, 0.2) is 30.3 Å². The van der Waals surface area contributed by atoms with Crippen molar-refractivity contribution in [1.29, 1.82) is 0 Å². The fraction of sp³-hybridized carbons (Fsp3) is 0.500.